The van der Waals surface area contributed by atoms with Crippen molar-refractivity contribution in [1.82, 2.24) is 4.57 Å². The molecule has 1 atom stereocenters. The number of thiazole rings is 1. The van der Waals surface area contributed by atoms with Crippen molar-refractivity contribution < 1.29 is 18.9 Å². The second-order valence-corrected chi connectivity index (χ2v) is 10.7. The summed E-state index contributed by atoms with van der Waals surface area (Å²) in [7, 11) is 0. The Morgan fingerprint density at radius 3 is 2.60 bits per heavy atom. The molecule has 0 fully saturated rings. The molecule has 9 nitrogen and oxygen atoms in total. The Labute approximate surface area is 237 Å². The number of aryl methyl sites for hydroxylation is 1. The van der Waals surface area contributed by atoms with Crippen LogP contribution in [0.1, 0.15) is 42.3 Å². The van der Waals surface area contributed by atoms with Crippen molar-refractivity contribution in [3.63, 3.8) is 0 Å². The van der Waals surface area contributed by atoms with Gasteiger partial charge in [-0.25, -0.2) is 9.79 Å². The molecule has 0 saturated carbocycles. The fourth-order valence-electron chi connectivity index (χ4n) is 4.64. The first-order valence-electron chi connectivity index (χ1n) is 12.4. The highest BCUT2D eigenvalue weighted by atomic mass is 35.5. The molecule has 0 radical (unpaired) electrons. The van der Waals surface area contributed by atoms with Crippen LogP contribution < -0.4 is 14.9 Å². The lowest BCUT2D eigenvalue weighted by atomic mass is 9.96. The van der Waals surface area contributed by atoms with Gasteiger partial charge in [0.2, 0.25) is 0 Å². The summed E-state index contributed by atoms with van der Waals surface area (Å²) >= 11 is 7.27. The highest BCUT2D eigenvalue weighted by Crippen LogP contribution is 2.32. The van der Waals surface area contributed by atoms with Crippen LogP contribution in [0.3, 0.4) is 0 Å². The van der Waals surface area contributed by atoms with E-state index in [-0.39, 0.29) is 23.4 Å². The van der Waals surface area contributed by atoms with Crippen LogP contribution in [0.15, 0.2) is 74.0 Å². The van der Waals surface area contributed by atoms with Gasteiger partial charge in [0.1, 0.15) is 11.5 Å². The van der Waals surface area contributed by atoms with Crippen LogP contribution in [0, 0.1) is 24.0 Å². The van der Waals surface area contributed by atoms with Crippen molar-refractivity contribution in [3.05, 3.63) is 117 Å². The maximum atomic E-state index is 13.7. The predicted octanol–water partition coefficient (Wildman–Crippen LogP) is 5.24. The van der Waals surface area contributed by atoms with Crippen molar-refractivity contribution in [1.29, 1.82) is 0 Å². The molecule has 0 unspecified atom stereocenters. The van der Waals surface area contributed by atoms with E-state index in [1.807, 2.05) is 6.07 Å². The van der Waals surface area contributed by atoms with E-state index in [4.69, 9.17) is 20.8 Å². The number of esters is 1. The molecule has 0 spiro atoms. The Hall–Kier alpha value is -4.28. The molecule has 11 heteroatoms. The van der Waals surface area contributed by atoms with Gasteiger partial charge in [-0.15, -0.1) is 0 Å². The van der Waals surface area contributed by atoms with Crippen LogP contribution in [0.4, 0.5) is 5.69 Å². The molecule has 4 aromatic rings. The first-order chi connectivity index (χ1) is 19.1. The number of carbonyl (C=O) groups excluding carboxylic acids is 1. The van der Waals surface area contributed by atoms with Gasteiger partial charge in [0.05, 0.1) is 33.4 Å². The fourth-order valence-corrected chi connectivity index (χ4v) is 5.79. The normalized spacial score (nSPS) is 15.1. The van der Waals surface area contributed by atoms with Gasteiger partial charge in [0.25, 0.3) is 11.2 Å². The fraction of sp³-hybridized carbons (Fsp3) is 0.207. The molecule has 204 valence electrons. The zero-order chi connectivity index (χ0) is 28.7. The summed E-state index contributed by atoms with van der Waals surface area (Å²) in [6.45, 7) is 7.12. The Kier molecular flexibility index (Phi) is 7.31. The minimum absolute atomic E-state index is 0.0104. The van der Waals surface area contributed by atoms with Gasteiger partial charge < -0.3 is 9.15 Å². The third kappa shape index (κ3) is 4.91. The number of furan rings is 1. The zero-order valence-electron chi connectivity index (χ0n) is 22.1. The van der Waals surface area contributed by atoms with Gasteiger partial charge in [-0.05, 0) is 69.2 Å². The number of halogens is 1. The number of hydrogen-bond donors (Lipinski definition) is 0. The highest BCUT2D eigenvalue weighted by Gasteiger charge is 2.33. The predicted molar refractivity (Wildman–Crippen MR) is 152 cm³/mol. The third-order valence-corrected chi connectivity index (χ3v) is 7.96. The summed E-state index contributed by atoms with van der Waals surface area (Å²) in [4.78, 5) is 42.8. The maximum absolute atomic E-state index is 13.7. The number of rotatable bonds is 6. The number of nitrogens with zero attached hydrogens (tertiary/aromatic N) is 3. The zero-order valence-corrected chi connectivity index (χ0v) is 23.6. The average molecular weight is 578 g/mol. The molecule has 1 aliphatic heterocycles. The van der Waals surface area contributed by atoms with E-state index in [1.54, 1.807) is 70.2 Å². The number of ether oxygens (including phenoxy) is 1. The monoisotopic (exact) mass is 577 g/mol. The number of nitro groups is 1. The third-order valence-electron chi connectivity index (χ3n) is 6.72. The standard InChI is InChI=1S/C29H24ClN3O6S/c1-5-38-28(35)25-17(4)31-29-32(26(25)18-6-8-20(30)9-7-18)27(34)24(40-29)14-21-10-11-23(39-21)19-12-15(2)16(3)22(13-19)33(36)37/h6-14,26H,5H2,1-4H3/b24-14-/t26-/m1/s1. The topological polar surface area (TPSA) is 117 Å². The van der Waals surface area contributed by atoms with Gasteiger partial charge in [-0.1, -0.05) is 35.1 Å². The van der Waals surface area contributed by atoms with Gasteiger partial charge in [-0.3, -0.25) is 19.5 Å². The molecule has 0 aliphatic carbocycles. The number of benzene rings is 2. The molecule has 1 aliphatic rings. The minimum atomic E-state index is -0.752. The summed E-state index contributed by atoms with van der Waals surface area (Å²) < 4.78 is 13.1. The average Bonchev–Trinajstić information content (AvgIpc) is 3.49. The number of nitro benzene ring substituents is 1. The van der Waals surface area contributed by atoms with Crippen molar-refractivity contribution in [2.24, 2.45) is 4.99 Å². The van der Waals surface area contributed by atoms with E-state index in [0.717, 1.165) is 5.56 Å². The van der Waals surface area contributed by atoms with Crippen molar-refractivity contribution in [2.75, 3.05) is 6.61 Å². The first kappa shape index (κ1) is 27.3. The van der Waals surface area contributed by atoms with Crippen LogP contribution in [-0.2, 0) is 9.53 Å². The van der Waals surface area contributed by atoms with Gasteiger partial charge in [0, 0.05) is 28.3 Å². The number of fused-ring (bicyclic) bond motifs is 1. The lowest BCUT2D eigenvalue weighted by Crippen LogP contribution is -2.39. The van der Waals surface area contributed by atoms with Gasteiger partial charge >= 0.3 is 5.97 Å². The molecule has 0 N–H and O–H groups in total. The molecule has 5 rings (SSSR count). The molecule has 40 heavy (non-hydrogen) atoms. The summed E-state index contributed by atoms with van der Waals surface area (Å²) in [5.74, 6) is 0.284. The van der Waals surface area contributed by atoms with E-state index in [1.165, 1.54) is 22.0 Å². The maximum Gasteiger partial charge on any atom is 0.338 e. The lowest BCUT2D eigenvalue weighted by molar-refractivity contribution is -0.385. The Balaban J connectivity index is 1.62. The summed E-state index contributed by atoms with van der Waals surface area (Å²) in [5, 5.41) is 12.0. The second-order valence-electron chi connectivity index (χ2n) is 9.25. The van der Waals surface area contributed by atoms with Crippen molar-refractivity contribution in [3.8, 4) is 11.3 Å². The Morgan fingerprint density at radius 1 is 1.20 bits per heavy atom. The van der Waals surface area contributed by atoms with E-state index >= 15 is 0 Å². The quantitative estimate of drug-likeness (QED) is 0.176. The number of hydrogen-bond acceptors (Lipinski definition) is 8. The highest BCUT2D eigenvalue weighted by molar-refractivity contribution is 7.07. The van der Waals surface area contributed by atoms with E-state index < -0.39 is 16.9 Å². The number of aromatic nitrogens is 1. The van der Waals surface area contributed by atoms with E-state index in [9.17, 15) is 19.7 Å². The van der Waals surface area contributed by atoms with Crippen LogP contribution in [0.2, 0.25) is 5.02 Å². The number of carbonyl (C=O) groups is 1. The molecule has 0 saturated heterocycles. The minimum Gasteiger partial charge on any atom is -0.463 e. The smallest absolute Gasteiger partial charge is 0.338 e. The summed E-state index contributed by atoms with van der Waals surface area (Å²) in [6, 6.07) is 12.9. The number of allylic oxidation sites excluding steroid dienone is 1. The summed E-state index contributed by atoms with van der Waals surface area (Å²) in [6.07, 6.45) is 1.60. The van der Waals surface area contributed by atoms with E-state index in [2.05, 4.69) is 4.99 Å². The largest absolute Gasteiger partial charge is 0.463 e. The summed E-state index contributed by atoms with van der Waals surface area (Å²) in [5.41, 5.74) is 3.01. The van der Waals surface area contributed by atoms with Crippen molar-refractivity contribution in [2.45, 2.75) is 33.7 Å². The second kappa shape index (κ2) is 10.7. The Morgan fingerprint density at radius 2 is 1.93 bits per heavy atom. The van der Waals surface area contributed by atoms with Crippen LogP contribution in [0.25, 0.3) is 17.4 Å². The molecule has 2 aromatic heterocycles. The lowest BCUT2D eigenvalue weighted by Gasteiger charge is -2.24. The molecule has 2 aromatic carbocycles. The van der Waals surface area contributed by atoms with Crippen LogP contribution in [0.5, 0.6) is 0 Å². The first-order valence-corrected chi connectivity index (χ1v) is 13.6. The van der Waals surface area contributed by atoms with Crippen LogP contribution in [-0.4, -0.2) is 22.1 Å². The van der Waals surface area contributed by atoms with Crippen LogP contribution >= 0.6 is 22.9 Å². The molecular weight excluding hydrogens is 554 g/mol. The van der Waals surface area contributed by atoms with Gasteiger partial charge in [0.15, 0.2) is 4.80 Å². The molecule has 3 heterocycles. The SMILES string of the molecule is CCOC(=O)C1=C(C)N=c2s/c(=C\c3ccc(-c4cc(C)c(C)c([N+](=O)[O-])c4)o3)c(=O)n2[C@@H]1c1ccc(Cl)cc1. The van der Waals surface area contributed by atoms with Gasteiger partial charge in [-0.2, -0.15) is 0 Å². The van der Waals surface area contributed by atoms with E-state index in [0.29, 0.717) is 48.3 Å². The molecule has 0 amide bonds. The van der Waals surface area contributed by atoms with Crippen molar-refractivity contribution >= 4 is 40.7 Å². The molecule has 0 bridgehead atoms. The molecular formula is C29H24ClN3O6S. The Bertz CT molecular complexity index is 1880.